The summed E-state index contributed by atoms with van der Waals surface area (Å²) >= 11 is 0. The number of nitrogens with one attached hydrogen (secondary N) is 1. The second-order valence-electron chi connectivity index (χ2n) is 6.11. The number of sulfonamides is 1. The summed E-state index contributed by atoms with van der Waals surface area (Å²) in [6.45, 7) is 0. The molecule has 0 aliphatic carbocycles. The van der Waals surface area contributed by atoms with Gasteiger partial charge >= 0.3 is 0 Å². The van der Waals surface area contributed by atoms with Gasteiger partial charge in [-0.1, -0.05) is 30.3 Å². The molecule has 1 amide bonds. The second-order valence-corrected chi connectivity index (χ2v) is 8.13. The Kier molecular flexibility index (Phi) is 5.41. The van der Waals surface area contributed by atoms with E-state index in [2.05, 4.69) is 10.3 Å². The highest BCUT2D eigenvalue weighted by Gasteiger charge is 2.19. The lowest BCUT2D eigenvalue weighted by Gasteiger charge is -2.21. The first kappa shape index (κ1) is 19.5. The zero-order valence-corrected chi connectivity index (χ0v) is 16.1. The molecule has 0 radical (unpaired) electrons. The molecule has 6 nitrogen and oxygen atoms in total. The van der Waals surface area contributed by atoms with Crippen LogP contribution in [0.1, 0.15) is 10.5 Å². The van der Waals surface area contributed by atoms with Crippen molar-refractivity contribution in [2.24, 2.45) is 0 Å². The highest BCUT2D eigenvalue weighted by atomic mass is 32.2. The standard InChI is InChI=1S/C20H18FN3O3S/c1-24(28(2,26)27)19-11-10-14(15-7-3-4-8-16(15)21)13-18(19)23-20(25)17-9-5-6-12-22-17/h3-13H,1-2H3,(H,23,25). The minimum Gasteiger partial charge on any atom is -0.319 e. The molecule has 0 fully saturated rings. The zero-order chi connectivity index (χ0) is 20.3. The van der Waals surface area contributed by atoms with Gasteiger partial charge in [0.05, 0.1) is 17.6 Å². The van der Waals surface area contributed by atoms with E-state index in [0.29, 0.717) is 11.1 Å². The summed E-state index contributed by atoms with van der Waals surface area (Å²) in [5.74, 6) is -0.928. The predicted octanol–water partition coefficient (Wildman–Crippen LogP) is 3.54. The number of benzene rings is 2. The van der Waals surface area contributed by atoms with Crippen LogP contribution in [0.3, 0.4) is 0 Å². The smallest absolute Gasteiger partial charge is 0.274 e. The van der Waals surface area contributed by atoms with Crippen molar-refractivity contribution in [1.29, 1.82) is 0 Å². The van der Waals surface area contributed by atoms with Gasteiger partial charge in [-0.3, -0.25) is 14.1 Å². The van der Waals surface area contributed by atoms with E-state index in [4.69, 9.17) is 0 Å². The van der Waals surface area contributed by atoms with Crippen LogP contribution in [-0.4, -0.2) is 32.6 Å². The molecule has 0 saturated heterocycles. The second kappa shape index (κ2) is 7.77. The Hall–Kier alpha value is -3.26. The number of carbonyl (C=O) groups is 1. The first-order valence-corrected chi connectivity index (χ1v) is 10.2. The zero-order valence-electron chi connectivity index (χ0n) is 15.3. The number of rotatable bonds is 5. The van der Waals surface area contributed by atoms with Crippen LogP contribution in [-0.2, 0) is 10.0 Å². The van der Waals surface area contributed by atoms with Crippen molar-refractivity contribution in [2.75, 3.05) is 22.9 Å². The molecule has 0 bridgehead atoms. The molecule has 8 heteroatoms. The summed E-state index contributed by atoms with van der Waals surface area (Å²) in [7, 11) is -2.19. The number of anilines is 2. The van der Waals surface area contributed by atoms with Gasteiger partial charge in [-0.15, -0.1) is 0 Å². The lowest BCUT2D eigenvalue weighted by Crippen LogP contribution is -2.26. The number of pyridine rings is 1. The number of carbonyl (C=O) groups excluding carboxylic acids is 1. The first-order chi connectivity index (χ1) is 13.3. The van der Waals surface area contributed by atoms with Gasteiger partial charge in [-0.05, 0) is 35.9 Å². The van der Waals surface area contributed by atoms with Crippen molar-refractivity contribution in [1.82, 2.24) is 4.98 Å². The Balaban J connectivity index is 2.08. The van der Waals surface area contributed by atoms with Crippen LogP contribution in [0.15, 0.2) is 66.9 Å². The summed E-state index contributed by atoms with van der Waals surface area (Å²) in [5.41, 5.74) is 1.49. The number of halogens is 1. The fourth-order valence-electron chi connectivity index (χ4n) is 2.64. The Morgan fingerprint density at radius 1 is 1.07 bits per heavy atom. The van der Waals surface area contributed by atoms with E-state index in [0.717, 1.165) is 10.6 Å². The highest BCUT2D eigenvalue weighted by molar-refractivity contribution is 7.92. The van der Waals surface area contributed by atoms with E-state index in [9.17, 15) is 17.6 Å². The van der Waals surface area contributed by atoms with Crippen molar-refractivity contribution < 1.29 is 17.6 Å². The molecule has 0 unspecified atom stereocenters. The van der Waals surface area contributed by atoms with E-state index >= 15 is 0 Å². The third-order valence-corrected chi connectivity index (χ3v) is 5.36. The van der Waals surface area contributed by atoms with Gasteiger partial charge in [0, 0.05) is 18.8 Å². The molecule has 0 saturated carbocycles. The van der Waals surface area contributed by atoms with Crippen LogP contribution in [0.4, 0.5) is 15.8 Å². The monoisotopic (exact) mass is 399 g/mol. The molecule has 0 aliphatic heterocycles. The third-order valence-electron chi connectivity index (χ3n) is 4.16. The number of amides is 1. The Morgan fingerprint density at radius 2 is 1.79 bits per heavy atom. The van der Waals surface area contributed by atoms with E-state index in [1.807, 2.05) is 0 Å². The van der Waals surface area contributed by atoms with Crippen molar-refractivity contribution >= 4 is 27.3 Å². The lowest BCUT2D eigenvalue weighted by atomic mass is 10.0. The average molecular weight is 399 g/mol. The maximum atomic E-state index is 14.2. The first-order valence-electron chi connectivity index (χ1n) is 8.32. The van der Waals surface area contributed by atoms with Gasteiger partial charge in [0.25, 0.3) is 5.91 Å². The van der Waals surface area contributed by atoms with Gasteiger partial charge in [-0.25, -0.2) is 12.8 Å². The SMILES string of the molecule is CN(c1ccc(-c2ccccc2F)cc1NC(=O)c1ccccn1)S(C)(=O)=O. The van der Waals surface area contributed by atoms with E-state index in [-0.39, 0.29) is 17.1 Å². The summed E-state index contributed by atoms with van der Waals surface area (Å²) < 4.78 is 39.2. The molecule has 2 aromatic carbocycles. The molecule has 1 N–H and O–H groups in total. The van der Waals surface area contributed by atoms with Gasteiger partial charge in [-0.2, -0.15) is 0 Å². The molecule has 3 rings (SSSR count). The highest BCUT2D eigenvalue weighted by Crippen LogP contribution is 2.33. The normalized spacial score (nSPS) is 11.1. The number of hydrogen-bond acceptors (Lipinski definition) is 4. The number of nitrogens with zero attached hydrogens (tertiary/aromatic N) is 2. The minimum atomic E-state index is -3.57. The Labute approximate surface area is 162 Å². The summed E-state index contributed by atoms with van der Waals surface area (Å²) in [6.07, 6.45) is 2.54. The van der Waals surface area contributed by atoms with Crippen molar-refractivity contribution in [2.45, 2.75) is 0 Å². The molecule has 1 heterocycles. The minimum absolute atomic E-state index is 0.173. The molecule has 3 aromatic rings. The van der Waals surface area contributed by atoms with E-state index < -0.39 is 21.7 Å². The van der Waals surface area contributed by atoms with E-state index in [1.165, 1.54) is 37.5 Å². The summed E-state index contributed by atoms with van der Waals surface area (Å²) in [6, 6.07) is 15.8. The van der Waals surface area contributed by atoms with Gasteiger partial charge in [0.1, 0.15) is 11.5 Å². The molecule has 28 heavy (non-hydrogen) atoms. The fraction of sp³-hybridized carbons (Fsp3) is 0.100. The van der Waals surface area contributed by atoms with Crippen LogP contribution in [0.2, 0.25) is 0 Å². The van der Waals surface area contributed by atoms with Crippen LogP contribution >= 0.6 is 0 Å². The van der Waals surface area contributed by atoms with E-state index in [1.54, 1.807) is 36.4 Å². The number of hydrogen-bond donors (Lipinski definition) is 1. The third kappa shape index (κ3) is 4.17. The molecule has 0 spiro atoms. The maximum absolute atomic E-state index is 14.2. The van der Waals surface area contributed by atoms with Gasteiger partial charge in [0.2, 0.25) is 10.0 Å². The van der Waals surface area contributed by atoms with Crippen LogP contribution in [0.5, 0.6) is 0 Å². The van der Waals surface area contributed by atoms with Crippen molar-refractivity contribution in [3.8, 4) is 11.1 Å². The molecular formula is C20H18FN3O3S. The number of aromatic nitrogens is 1. The van der Waals surface area contributed by atoms with Crippen LogP contribution in [0, 0.1) is 5.82 Å². The van der Waals surface area contributed by atoms with Gasteiger partial charge < -0.3 is 5.32 Å². The molecule has 1 aromatic heterocycles. The molecular weight excluding hydrogens is 381 g/mol. The van der Waals surface area contributed by atoms with Gasteiger partial charge in [0.15, 0.2) is 0 Å². The summed E-state index contributed by atoms with van der Waals surface area (Å²) in [5, 5.41) is 2.68. The largest absolute Gasteiger partial charge is 0.319 e. The predicted molar refractivity (Wildman–Crippen MR) is 107 cm³/mol. The Morgan fingerprint density at radius 3 is 2.43 bits per heavy atom. The summed E-state index contributed by atoms with van der Waals surface area (Å²) in [4.78, 5) is 16.5. The molecule has 144 valence electrons. The van der Waals surface area contributed by atoms with Crippen molar-refractivity contribution in [3.05, 3.63) is 78.4 Å². The van der Waals surface area contributed by atoms with Crippen molar-refractivity contribution in [3.63, 3.8) is 0 Å². The molecule has 0 aliphatic rings. The fourth-order valence-corrected chi connectivity index (χ4v) is 3.15. The lowest BCUT2D eigenvalue weighted by molar-refractivity contribution is 0.102. The quantitative estimate of drug-likeness (QED) is 0.712. The molecule has 0 atom stereocenters. The maximum Gasteiger partial charge on any atom is 0.274 e. The van der Waals surface area contributed by atoms with Crippen LogP contribution in [0.25, 0.3) is 11.1 Å². The topological polar surface area (TPSA) is 79.4 Å². The average Bonchev–Trinajstić information content (AvgIpc) is 2.68. The van der Waals surface area contributed by atoms with Crippen LogP contribution < -0.4 is 9.62 Å². The Bertz CT molecular complexity index is 1120.